The number of likely N-dealkylation sites (tertiary alicyclic amines) is 1. The van der Waals surface area contributed by atoms with Crippen LogP contribution in [0.4, 0.5) is 0 Å². The van der Waals surface area contributed by atoms with Crippen LogP contribution < -0.4 is 0 Å². The zero-order valence-electron chi connectivity index (χ0n) is 11.4. The molecule has 2 aliphatic rings. The highest BCUT2D eigenvalue weighted by atomic mass is 32.2. The lowest BCUT2D eigenvalue weighted by atomic mass is 10.0. The van der Waals surface area contributed by atoms with E-state index in [4.69, 9.17) is 0 Å². The zero-order chi connectivity index (χ0) is 14.3. The Morgan fingerprint density at radius 3 is 2.80 bits per heavy atom. The van der Waals surface area contributed by atoms with Crippen LogP contribution >= 0.6 is 0 Å². The molecule has 7 heteroatoms. The molecule has 0 unspecified atom stereocenters. The van der Waals surface area contributed by atoms with Crippen LogP contribution in [0.15, 0.2) is 18.5 Å². The second kappa shape index (κ2) is 4.89. The average Bonchev–Trinajstić information content (AvgIpc) is 2.93. The number of fused-ring (bicyclic) bond motifs is 1. The van der Waals surface area contributed by atoms with E-state index in [-0.39, 0.29) is 17.1 Å². The number of amides is 1. The van der Waals surface area contributed by atoms with E-state index >= 15 is 0 Å². The number of aromatic amines is 1. The minimum absolute atomic E-state index is 0.0167. The monoisotopic (exact) mass is 297 g/mol. The molecule has 2 fully saturated rings. The molecule has 1 N–H and O–H groups in total. The Hall–Kier alpha value is -1.34. The summed E-state index contributed by atoms with van der Waals surface area (Å²) in [6, 6.07) is 1.75. The highest BCUT2D eigenvalue weighted by Gasteiger charge is 2.45. The maximum atomic E-state index is 12.3. The first-order chi connectivity index (χ1) is 9.50. The topological polar surface area (TPSA) is 73.5 Å². The zero-order valence-corrected chi connectivity index (χ0v) is 12.3. The maximum absolute atomic E-state index is 12.3. The largest absolute Gasteiger partial charge is 0.367 e. The van der Waals surface area contributed by atoms with Crippen molar-refractivity contribution in [2.75, 3.05) is 26.7 Å². The summed E-state index contributed by atoms with van der Waals surface area (Å²) >= 11 is 0. The van der Waals surface area contributed by atoms with E-state index in [0.29, 0.717) is 31.6 Å². The van der Waals surface area contributed by atoms with E-state index in [0.717, 1.165) is 6.42 Å². The van der Waals surface area contributed by atoms with Gasteiger partial charge in [-0.15, -0.1) is 0 Å². The predicted octanol–water partition coefficient (Wildman–Crippen LogP) is 0.511. The van der Waals surface area contributed by atoms with Gasteiger partial charge >= 0.3 is 0 Å². The number of nitrogens with zero attached hydrogens (tertiary/aromatic N) is 2. The van der Waals surface area contributed by atoms with Crippen LogP contribution in [-0.4, -0.2) is 60.4 Å². The highest BCUT2D eigenvalue weighted by Crippen LogP contribution is 2.33. The van der Waals surface area contributed by atoms with Gasteiger partial charge in [-0.3, -0.25) is 4.79 Å². The van der Waals surface area contributed by atoms with Crippen molar-refractivity contribution in [3.05, 3.63) is 24.0 Å². The molecule has 1 amide bonds. The van der Waals surface area contributed by atoms with Crippen molar-refractivity contribution in [3.8, 4) is 0 Å². The summed E-state index contributed by atoms with van der Waals surface area (Å²) in [4.78, 5) is 17.0. The molecular weight excluding hydrogens is 278 g/mol. The fourth-order valence-electron chi connectivity index (χ4n) is 3.25. The van der Waals surface area contributed by atoms with Gasteiger partial charge < -0.3 is 9.88 Å². The summed E-state index contributed by atoms with van der Waals surface area (Å²) in [6.45, 7) is 1.73. The summed E-state index contributed by atoms with van der Waals surface area (Å²) in [5.74, 6) is 0.131. The van der Waals surface area contributed by atoms with Crippen LogP contribution in [0.25, 0.3) is 0 Å². The third-order valence-electron chi connectivity index (χ3n) is 4.42. The van der Waals surface area contributed by atoms with E-state index in [1.54, 1.807) is 30.4 Å². The Bertz CT molecular complexity index is 596. The molecule has 0 radical (unpaired) electrons. The molecule has 1 aromatic heterocycles. The van der Waals surface area contributed by atoms with E-state index < -0.39 is 10.0 Å². The Morgan fingerprint density at radius 1 is 1.35 bits per heavy atom. The molecule has 1 aromatic rings. The summed E-state index contributed by atoms with van der Waals surface area (Å²) in [5.41, 5.74) is 0.636. The third-order valence-corrected chi connectivity index (χ3v) is 6.82. The van der Waals surface area contributed by atoms with Gasteiger partial charge in [0.05, 0.1) is 10.8 Å². The number of sulfonamides is 1. The first kappa shape index (κ1) is 13.6. The fourth-order valence-corrected chi connectivity index (χ4v) is 5.22. The minimum atomic E-state index is -3.16. The van der Waals surface area contributed by atoms with Gasteiger partial charge in [0, 0.05) is 39.1 Å². The Kier molecular flexibility index (Phi) is 3.33. The van der Waals surface area contributed by atoms with E-state index in [2.05, 4.69) is 4.98 Å². The Balaban J connectivity index is 1.75. The number of hydrogen-bond donors (Lipinski definition) is 1. The Morgan fingerprint density at radius 2 is 2.10 bits per heavy atom. The van der Waals surface area contributed by atoms with Crippen molar-refractivity contribution in [1.29, 1.82) is 0 Å². The number of H-pyrrole nitrogens is 1. The molecule has 110 valence electrons. The van der Waals surface area contributed by atoms with Crippen LogP contribution in [0.5, 0.6) is 0 Å². The second-order valence-electron chi connectivity index (χ2n) is 5.59. The SMILES string of the molecule is CN1C[C@H]2CCN(C(=O)c3cc[nH]c3)CC[C@H]2S1(=O)=O. The molecule has 20 heavy (non-hydrogen) atoms. The van der Waals surface area contributed by atoms with Gasteiger partial charge in [-0.05, 0) is 24.8 Å². The van der Waals surface area contributed by atoms with Crippen molar-refractivity contribution in [3.63, 3.8) is 0 Å². The van der Waals surface area contributed by atoms with Gasteiger partial charge in [0.15, 0.2) is 0 Å². The minimum Gasteiger partial charge on any atom is -0.367 e. The first-order valence-electron chi connectivity index (χ1n) is 6.87. The van der Waals surface area contributed by atoms with Crippen molar-refractivity contribution < 1.29 is 13.2 Å². The molecule has 3 rings (SSSR count). The smallest absolute Gasteiger partial charge is 0.255 e. The number of carbonyl (C=O) groups is 1. The molecule has 6 nitrogen and oxygen atoms in total. The summed E-state index contributed by atoms with van der Waals surface area (Å²) in [7, 11) is -1.52. The van der Waals surface area contributed by atoms with Crippen molar-refractivity contribution in [2.24, 2.45) is 5.92 Å². The molecule has 0 bridgehead atoms. The average molecular weight is 297 g/mol. The van der Waals surface area contributed by atoms with Crippen LogP contribution in [0.1, 0.15) is 23.2 Å². The van der Waals surface area contributed by atoms with E-state index in [9.17, 15) is 13.2 Å². The molecule has 2 saturated heterocycles. The van der Waals surface area contributed by atoms with Crippen molar-refractivity contribution >= 4 is 15.9 Å². The molecule has 2 atom stereocenters. The number of carbonyl (C=O) groups excluding carboxylic acids is 1. The van der Waals surface area contributed by atoms with E-state index in [1.807, 2.05) is 0 Å². The van der Waals surface area contributed by atoms with E-state index in [1.165, 1.54) is 4.31 Å². The lowest BCUT2D eigenvalue weighted by Crippen LogP contribution is -2.33. The molecule has 2 aliphatic heterocycles. The van der Waals surface area contributed by atoms with Crippen LogP contribution in [0.2, 0.25) is 0 Å². The number of rotatable bonds is 1. The molecule has 0 aromatic carbocycles. The number of hydrogen-bond acceptors (Lipinski definition) is 3. The summed E-state index contributed by atoms with van der Waals surface area (Å²) < 4.78 is 25.9. The van der Waals surface area contributed by atoms with Gasteiger partial charge in [-0.1, -0.05) is 0 Å². The molecular formula is C13H19N3O3S. The van der Waals surface area contributed by atoms with Crippen LogP contribution in [-0.2, 0) is 10.0 Å². The van der Waals surface area contributed by atoms with Crippen LogP contribution in [0, 0.1) is 5.92 Å². The lowest BCUT2D eigenvalue weighted by Gasteiger charge is -2.20. The number of aromatic nitrogens is 1. The molecule has 0 aliphatic carbocycles. The van der Waals surface area contributed by atoms with Gasteiger partial charge in [0.2, 0.25) is 10.0 Å². The van der Waals surface area contributed by atoms with Gasteiger partial charge in [-0.25, -0.2) is 12.7 Å². The Labute approximate surface area is 118 Å². The molecule has 0 spiro atoms. The third kappa shape index (κ3) is 2.14. The number of nitrogens with one attached hydrogen (secondary N) is 1. The highest BCUT2D eigenvalue weighted by molar-refractivity contribution is 7.90. The molecule has 0 saturated carbocycles. The van der Waals surface area contributed by atoms with Gasteiger partial charge in [0.25, 0.3) is 5.91 Å². The summed E-state index contributed by atoms with van der Waals surface area (Å²) in [6.07, 6.45) is 4.69. The maximum Gasteiger partial charge on any atom is 0.255 e. The molecule has 3 heterocycles. The summed E-state index contributed by atoms with van der Waals surface area (Å²) in [5, 5.41) is -0.323. The second-order valence-corrected chi connectivity index (χ2v) is 7.85. The standard InChI is InChI=1S/C13H19N3O3S/c1-15-9-11-3-6-16(7-4-12(11)20(15,18)19)13(17)10-2-5-14-8-10/h2,5,8,11-12,14H,3-4,6-7,9H2,1H3/t11-,12-/m1/s1. The van der Waals surface area contributed by atoms with Crippen molar-refractivity contribution in [1.82, 2.24) is 14.2 Å². The van der Waals surface area contributed by atoms with Crippen molar-refractivity contribution in [2.45, 2.75) is 18.1 Å². The first-order valence-corrected chi connectivity index (χ1v) is 8.37. The van der Waals surface area contributed by atoms with Gasteiger partial charge in [-0.2, -0.15) is 0 Å². The quantitative estimate of drug-likeness (QED) is 0.821. The lowest BCUT2D eigenvalue weighted by molar-refractivity contribution is 0.0759. The van der Waals surface area contributed by atoms with Crippen LogP contribution in [0.3, 0.4) is 0 Å². The normalized spacial score (nSPS) is 29.9. The predicted molar refractivity (Wildman–Crippen MR) is 74.8 cm³/mol. The van der Waals surface area contributed by atoms with Gasteiger partial charge in [0.1, 0.15) is 0 Å². The fraction of sp³-hybridized carbons (Fsp3) is 0.615.